The lowest BCUT2D eigenvalue weighted by Crippen LogP contribution is -2.41. The Morgan fingerprint density at radius 1 is 1.39 bits per heavy atom. The van der Waals surface area contributed by atoms with Crippen LogP contribution in [0.4, 0.5) is 0 Å². The maximum Gasteiger partial charge on any atom is 0.0727 e. The normalized spacial score (nSPS) is 22.1. The van der Waals surface area contributed by atoms with Crippen LogP contribution in [0.15, 0.2) is 12.4 Å². The Kier molecular flexibility index (Phi) is 4.66. The second-order valence-corrected chi connectivity index (χ2v) is 5.54. The fourth-order valence-electron chi connectivity index (χ4n) is 2.34. The zero-order valence-electron chi connectivity index (χ0n) is 11.7. The molecule has 1 aliphatic heterocycles. The van der Waals surface area contributed by atoms with Crippen molar-refractivity contribution in [1.29, 1.82) is 0 Å². The smallest absolute Gasteiger partial charge is 0.0727 e. The van der Waals surface area contributed by atoms with E-state index in [2.05, 4.69) is 34.0 Å². The lowest BCUT2D eigenvalue weighted by atomic mass is 10.0. The molecule has 0 saturated carbocycles. The molecule has 0 radical (unpaired) electrons. The standard InChI is InChI=1S/C14H24N4/c1-11(2)14-10-18(6-4-5-15-14)9-13-8-16-12(3)7-17-13/h7-8,11,14-15H,4-6,9-10H2,1-3H3. The summed E-state index contributed by atoms with van der Waals surface area (Å²) in [6.45, 7) is 10.8. The number of aromatic nitrogens is 2. The number of nitrogens with one attached hydrogen (secondary N) is 1. The van der Waals surface area contributed by atoms with Crippen molar-refractivity contribution in [1.82, 2.24) is 20.2 Å². The van der Waals surface area contributed by atoms with Crippen LogP contribution in [0.2, 0.25) is 0 Å². The van der Waals surface area contributed by atoms with Crippen LogP contribution in [0.3, 0.4) is 0 Å². The molecular formula is C14H24N4. The molecule has 18 heavy (non-hydrogen) atoms. The van der Waals surface area contributed by atoms with Gasteiger partial charge in [-0.25, -0.2) is 0 Å². The third-order valence-corrected chi connectivity index (χ3v) is 3.54. The molecule has 1 atom stereocenters. The molecule has 0 spiro atoms. The summed E-state index contributed by atoms with van der Waals surface area (Å²) in [6.07, 6.45) is 4.96. The van der Waals surface area contributed by atoms with Gasteiger partial charge in [0.05, 0.1) is 11.4 Å². The van der Waals surface area contributed by atoms with E-state index in [1.807, 2.05) is 19.3 Å². The zero-order valence-corrected chi connectivity index (χ0v) is 11.7. The monoisotopic (exact) mass is 248 g/mol. The van der Waals surface area contributed by atoms with Crippen molar-refractivity contribution in [2.75, 3.05) is 19.6 Å². The van der Waals surface area contributed by atoms with E-state index in [1.54, 1.807) is 0 Å². The van der Waals surface area contributed by atoms with E-state index in [-0.39, 0.29) is 0 Å². The molecule has 4 nitrogen and oxygen atoms in total. The minimum Gasteiger partial charge on any atom is -0.312 e. The molecule has 1 saturated heterocycles. The van der Waals surface area contributed by atoms with E-state index in [9.17, 15) is 0 Å². The van der Waals surface area contributed by atoms with Gasteiger partial charge in [0.2, 0.25) is 0 Å². The van der Waals surface area contributed by atoms with E-state index in [0.717, 1.165) is 37.6 Å². The Morgan fingerprint density at radius 3 is 2.89 bits per heavy atom. The first kappa shape index (κ1) is 13.4. The van der Waals surface area contributed by atoms with Crippen molar-refractivity contribution in [3.05, 3.63) is 23.8 Å². The first-order valence-corrected chi connectivity index (χ1v) is 6.88. The van der Waals surface area contributed by atoms with Crippen molar-refractivity contribution >= 4 is 0 Å². The van der Waals surface area contributed by atoms with E-state index in [0.29, 0.717) is 12.0 Å². The number of rotatable bonds is 3. The maximum absolute atomic E-state index is 4.45. The van der Waals surface area contributed by atoms with Crippen LogP contribution in [0.5, 0.6) is 0 Å². The summed E-state index contributed by atoms with van der Waals surface area (Å²) in [5.41, 5.74) is 2.06. The molecule has 100 valence electrons. The summed E-state index contributed by atoms with van der Waals surface area (Å²) in [5.74, 6) is 0.676. The van der Waals surface area contributed by atoms with E-state index in [4.69, 9.17) is 0 Å². The van der Waals surface area contributed by atoms with Crippen molar-refractivity contribution in [3.8, 4) is 0 Å². The Bertz CT molecular complexity index is 361. The summed E-state index contributed by atoms with van der Waals surface area (Å²) in [5, 5.41) is 3.63. The molecule has 2 rings (SSSR count). The van der Waals surface area contributed by atoms with Gasteiger partial charge >= 0.3 is 0 Å². The molecule has 2 heterocycles. The zero-order chi connectivity index (χ0) is 13.0. The number of nitrogens with zero attached hydrogens (tertiary/aromatic N) is 3. The highest BCUT2D eigenvalue weighted by atomic mass is 15.2. The van der Waals surface area contributed by atoms with Gasteiger partial charge in [-0.15, -0.1) is 0 Å². The lowest BCUT2D eigenvalue weighted by molar-refractivity contribution is 0.236. The Balaban J connectivity index is 1.96. The molecule has 1 aromatic heterocycles. The number of hydrogen-bond acceptors (Lipinski definition) is 4. The number of hydrogen-bond donors (Lipinski definition) is 1. The summed E-state index contributed by atoms with van der Waals surface area (Å²) in [6, 6.07) is 0.589. The van der Waals surface area contributed by atoms with Gasteiger partial charge in [-0.3, -0.25) is 14.9 Å². The lowest BCUT2D eigenvalue weighted by Gasteiger charge is -2.26. The minimum absolute atomic E-state index is 0.589. The third kappa shape index (κ3) is 3.75. The number of aryl methyl sites for hydroxylation is 1. The molecule has 0 bridgehead atoms. The molecule has 1 N–H and O–H groups in total. The fourth-order valence-corrected chi connectivity index (χ4v) is 2.34. The van der Waals surface area contributed by atoms with Gasteiger partial charge in [0, 0.05) is 31.5 Å². The molecule has 0 aliphatic carbocycles. The highest BCUT2D eigenvalue weighted by Gasteiger charge is 2.20. The summed E-state index contributed by atoms with van der Waals surface area (Å²) in [4.78, 5) is 11.3. The van der Waals surface area contributed by atoms with Crippen LogP contribution in [-0.2, 0) is 6.54 Å². The molecule has 0 amide bonds. The van der Waals surface area contributed by atoms with Crippen molar-refractivity contribution < 1.29 is 0 Å². The second-order valence-electron chi connectivity index (χ2n) is 5.54. The first-order valence-electron chi connectivity index (χ1n) is 6.88. The Labute approximate surface area is 110 Å². The second kappa shape index (κ2) is 6.25. The van der Waals surface area contributed by atoms with Crippen LogP contribution in [0, 0.1) is 12.8 Å². The quantitative estimate of drug-likeness (QED) is 0.882. The average Bonchev–Trinajstić information content (AvgIpc) is 2.58. The Morgan fingerprint density at radius 2 is 2.22 bits per heavy atom. The topological polar surface area (TPSA) is 41.1 Å². The van der Waals surface area contributed by atoms with Crippen LogP contribution < -0.4 is 5.32 Å². The molecule has 1 aromatic rings. The molecular weight excluding hydrogens is 224 g/mol. The van der Waals surface area contributed by atoms with Crippen molar-refractivity contribution in [3.63, 3.8) is 0 Å². The van der Waals surface area contributed by atoms with Crippen molar-refractivity contribution in [2.45, 2.75) is 39.8 Å². The van der Waals surface area contributed by atoms with Crippen molar-refractivity contribution in [2.24, 2.45) is 5.92 Å². The van der Waals surface area contributed by atoms with Gasteiger partial charge in [-0.1, -0.05) is 13.8 Å². The van der Waals surface area contributed by atoms with Gasteiger partial charge in [-0.2, -0.15) is 0 Å². The molecule has 4 heteroatoms. The van der Waals surface area contributed by atoms with E-state index >= 15 is 0 Å². The summed E-state index contributed by atoms with van der Waals surface area (Å²) >= 11 is 0. The maximum atomic E-state index is 4.45. The third-order valence-electron chi connectivity index (χ3n) is 3.54. The average molecular weight is 248 g/mol. The summed E-state index contributed by atoms with van der Waals surface area (Å²) in [7, 11) is 0. The van der Waals surface area contributed by atoms with Gasteiger partial charge in [0.1, 0.15) is 0 Å². The molecule has 1 unspecified atom stereocenters. The van der Waals surface area contributed by atoms with Crippen LogP contribution in [-0.4, -0.2) is 40.5 Å². The van der Waals surface area contributed by atoms with Gasteiger partial charge in [0.25, 0.3) is 0 Å². The van der Waals surface area contributed by atoms with Gasteiger partial charge < -0.3 is 5.32 Å². The predicted molar refractivity (Wildman–Crippen MR) is 73.3 cm³/mol. The Hall–Kier alpha value is -1.00. The molecule has 1 aliphatic rings. The predicted octanol–water partition coefficient (Wildman–Crippen LogP) is 1.60. The van der Waals surface area contributed by atoms with E-state index < -0.39 is 0 Å². The van der Waals surface area contributed by atoms with Crippen LogP contribution >= 0.6 is 0 Å². The van der Waals surface area contributed by atoms with Gasteiger partial charge in [-0.05, 0) is 32.4 Å². The van der Waals surface area contributed by atoms with Crippen LogP contribution in [0.1, 0.15) is 31.7 Å². The first-order chi connectivity index (χ1) is 8.65. The van der Waals surface area contributed by atoms with E-state index in [1.165, 1.54) is 6.42 Å². The van der Waals surface area contributed by atoms with Crippen LogP contribution in [0.25, 0.3) is 0 Å². The molecule has 0 aromatic carbocycles. The SMILES string of the molecule is Cc1cnc(CN2CCCNC(C(C)C)C2)cn1. The highest BCUT2D eigenvalue weighted by molar-refractivity contribution is 5.00. The fraction of sp³-hybridized carbons (Fsp3) is 0.714. The highest BCUT2D eigenvalue weighted by Crippen LogP contribution is 2.11. The molecule has 1 fully saturated rings. The minimum atomic E-state index is 0.589. The summed E-state index contributed by atoms with van der Waals surface area (Å²) < 4.78 is 0. The largest absolute Gasteiger partial charge is 0.312 e. The van der Waals surface area contributed by atoms with Gasteiger partial charge in [0.15, 0.2) is 0 Å².